The van der Waals surface area contributed by atoms with Gasteiger partial charge in [-0.15, -0.1) is 0 Å². The van der Waals surface area contributed by atoms with E-state index in [1.807, 2.05) is 0 Å². The number of hydrogen-bond acceptors (Lipinski definition) is 3. The molecule has 0 aliphatic heterocycles. The molecule has 0 saturated carbocycles. The normalized spacial score (nSPS) is 11.3. The van der Waals surface area contributed by atoms with Crippen LogP contribution in [0.2, 0.25) is 10.0 Å². The number of carboxylic acids is 1. The molecule has 0 bridgehead atoms. The maximum absolute atomic E-state index is 10.4. The highest BCUT2D eigenvalue weighted by Gasteiger charge is 2.06. The van der Waals surface area contributed by atoms with Crippen LogP contribution < -0.4 is 0 Å². The van der Waals surface area contributed by atoms with E-state index in [1.54, 1.807) is 18.2 Å². The Kier molecular flexibility index (Phi) is 4.58. The number of oxime groups is 1. The second kappa shape index (κ2) is 5.72. The SMILES string of the molecule is CC(=NOCc1c(Cl)cccc1Cl)C(=O)O. The van der Waals surface area contributed by atoms with Crippen molar-refractivity contribution in [2.75, 3.05) is 0 Å². The van der Waals surface area contributed by atoms with Gasteiger partial charge >= 0.3 is 5.97 Å². The molecule has 0 unspecified atom stereocenters. The van der Waals surface area contributed by atoms with Crippen LogP contribution >= 0.6 is 23.2 Å². The van der Waals surface area contributed by atoms with Gasteiger partial charge in [-0.3, -0.25) is 0 Å². The van der Waals surface area contributed by atoms with Gasteiger partial charge in [0.2, 0.25) is 0 Å². The van der Waals surface area contributed by atoms with Crippen LogP contribution in [0.5, 0.6) is 0 Å². The van der Waals surface area contributed by atoms with Crippen molar-refractivity contribution >= 4 is 34.9 Å². The van der Waals surface area contributed by atoms with Crippen molar-refractivity contribution in [1.82, 2.24) is 0 Å². The first-order valence-electron chi connectivity index (χ1n) is 4.35. The Morgan fingerprint density at radius 3 is 2.50 bits per heavy atom. The van der Waals surface area contributed by atoms with Crippen LogP contribution in [0.25, 0.3) is 0 Å². The Morgan fingerprint density at radius 2 is 2.00 bits per heavy atom. The lowest BCUT2D eigenvalue weighted by molar-refractivity contribution is -0.129. The Balaban J connectivity index is 2.69. The van der Waals surface area contributed by atoms with E-state index in [0.29, 0.717) is 15.6 Å². The Hall–Kier alpha value is -1.26. The number of carbonyl (C=O) groups is 1. The summed E-state index contributed by atoms with van der Waals surface area (Å²) in [5, 5.41) is 12.8. The van der Waals surface area contributed by atoms with Gasteiger partial charge in [-0.05, 0) is 19.1 Å². The van der Waals surface area contributed by atoms with Gasteiger partial charge in [0.1, 0.15) is 6.61 Å². The quantitative estimate of drug-likeness (QED) is 0.670. The van der Waals surface area contributed by atoms with Crippen molar-refractivity contribution in [1.29, 1.82) is 0 Å². The highest BCUT2D eigenvalue weighted by atomic mass is 35.5. The molecule has 0 aliphatic carbocycles. The summed E-state index contributed by atoms with van der Waals surface area (Å²) in [7, 11) is 0. The number of rotatable bonds is 4. The van der Waals surface area contributed by atoms with E-state index < -0.39 is 5.97 Å². The number of carboxylic acid groups (broad SMARTS) is 1. The van der Waals surface area contributed by atoms with Crippen molar-refractivity contribution in [3.05, 3.63) is 33.8 Å². The van der Waals surface area contributed by atoms with E-state index in [9.17, 15) is 4.79 Å². The molecule has 0 fully saturated rings. The lowest BCUT2D eigenvalue weighted by Gasteiger charge is -2.05. The fourth-order valence-corrected chi connectivity index (χ4v) is 1.41. The molecule has 0 radical (unpaired) electrons. The van der Waals surface area contributed by atoms with E-state index in [-0.39, 0.29) is 12.3 Å². The molecular formula is C10H9Cl2NO3. The molecule has 0 aliphatic rings. The first-order chi connectivity index (χ1) is 7.52. The topological polar surface area (TPSA) is 58.9 Å². The van der Waals surface area contributed by atoms with Gasteiger partial charge in [0.05, 0.1) is 0 Å². The first-order valence-corrected chi connectivity index (χ1v) is 5.10. The summed E-state index contributed by atoms with van der Waals surface area (Å²) in [6.07, 6.45) is 0. The predicted octanol–water partition coefficient (Wildman–Crippen LogP) is 2.97. The predicted molar refractivity (Wildman–Crippen MR) is 62.0 cm³/mol. The third-order valence-corrected chi connectivity index (χ3v) is 2.49. The third kappa shape index (κ3) is 3.40. The Morgan fingerprint density at radius 1 is 1.44 bits per heavy atom. The monoisotopic (exact) mass is 261 g/mol. The number of nitrogens with zero attached hydrogens (tertiary/aromatic N) is 1. The van der Waals surface area contributed by atoms with Crippen LogP contribution in [0, 0.1) is 0 Å². The van der Waals surface area contributed by atoms with E-state index in [4.69, 9.17) is 33.1 Å². The van der Waals surface area contributed by atoms with Crippen molar-refractivity contribution in [2.24, 2.45) is 5.16 Å². The highest BCUT2D eigenvalue weighted by Crippen LogP contribution is 2.24. The minimum absolute atomic E-state index is 0.0309. The second-order valence-electron chi connectivity index (χ2n) is 2.96. The molecule has 1 N–H and O–H groups in total. The summed E-state index contributed by atoms with van der Waals surface area (Å²) in [5.74, 6) is -1.13. The summed E-state index contributed by atoms with van der Waals surface area (Å²) in [6.45, 7) is 1.36. The summed E-state index contributed by atoms with van der Waals surface area (Å²) in [5.41, 5.74) is 0.441. The average molecular weight is 262 g/mol. The van der Waals surface area contributed by atoms with Crippen molar-refractivity contribution < 1.29 is 14.7 Å². The van der Waals surface area contributed by atoms with Crippen molar-refractivity contribution in [3.8, 4) is 0 Å². The molecule has 0 amide bonds. The Labute approximate surface area is 102 Å². The largest absolute Gasteiger partial charge is 0.477 e. The molecule has 16 heavy (non-hydrogen) atoms. The van der Waals surface area contributed by atoms with Crippen LogP contribution in [0.15, 0.2) is 23.4 Å². The van der Waals surface area contributed by atoms with E-state index >= 15 is 0 Å². The van der Waals surface area contributed by atoms with Gasteiger partial charge in [-0.1, -0.05) is 34.4 Å². The molecule has 4 nitrogen and oxygen atoms in total. The maximum atomic E-state index is 10.4. The third-order valence-electron chi connectivity index (χ3n) is 1.78. The molecule has 86 valence electrons. The van der Waals surface area contributed by atoms with Gasteiger partial charge in [-0.25, -0.2) is 4.79 Å². The Bertz CT molecular complexity index is 412. The fraction of sp³-hybridized carbons (Fsp3) is 0.200. The van der Waals surface area contributed by atoms with Gasteiger partial charge in [-0.2, -0.15) is 0 Å². The van der Waals surface area contributed by atoms with Gasteiger partial charge < -0.3 is 9.94 Å². The van der Waals surface area contributed by atoms with Gasteiger partial charge in [0.25, 0.3) is 0 Å². The van der Waals surface area contributed by atoms with Crippen LogP contribution in [0.4, 0.5) is 0 Å². The highest BCUT2D eigenvalue weighted by molar-refractivity contribution is 6.36. The number of hydrogen-bond donors (Lipinski definition) is 1. The molecule has 1 rings (SSSR count). The molecule has 0 atom stereocenters. The van der Waals surface area contributed by atoms with Crippen LogP contribution in [0.1, 0.15) is 12.5 Å². The van der Waals surface area contributed by atoms with Crippen molar-refractivity contribution in [3.63, 3.8) is 0 Å². The van der Waals surface area contributed by atoms with Crippen LogP contribution in [-0.2, 0) is 16.2 Å². The lowest BCUT2D eigenvalue weighted by atomic mass is 10.2. The first kappa shape index (κ1) is 12.8. The zero-order chi connectivity index (χ0) is 12.1. The summed E-state index contributed by atoms with van der Waals surface area (Å²) >= 11 is 11.8. The second-order valence-corrected chi connectivity index (χ2v) is 3.77. The van der Waals surface area contributed by atoms with Crippen LogP contribution in [-0.4, -0.2) is 16.8 Å². The molecular weight excluding hydrogens is 253 g/mol. The van der Waals surface area contributed by atoms with E-state index in [0.717, 1.165) is 0 Å². The fourth-order valence-electron chi connectivity index (χ4n) is 0.903. The average Bonchev–Trinajstić information content (AvgIpc) is 2.22. The van der Waals surface area contributed by atoms with Gasteiger partial charge in [0, 0.05) is 15.6 Å². The van der Waals surface area contributed by atoms with Crippen molar-refractivity contribution in [2.45, 2.75) is 13.5 Å². The molecule has 1 aromatic rings. The minimum Gasteiger partial charge on any atom is -0.477 e. The molecule has 0 saturated heterocycles. The van der Waals surface area contributed by atoms with Gasteiger partial charge in [0.15, 0.2) is 5.71 Å². The van der Waals surface area contributed by atoms with Crippen LogP contribution in [0.3, 0.4) is 0 Å². The number of benzene rings is 1. The molecule has 0 heterocycles. The summed E-state index contributed by atoms with van der Waals surface area (Å²) in [6, 6.07) is 5.04. The zero-order valence-electron chi connectivity index (χ0n) is 8.41. The summed E-state index contributed by atoms with van der Waals surface area (Å²) < 4.78 is 0. The standard InChI is InChI=1S/C10H9Cl2NO3/c1-6(10(14)15)13-16-5-7-8(11)3-2-4-9(7)12/h2-4H,5H2,1H3,(H,14,15). The molecule has 0 aromatic heterocycles. The van der Waals surface area contributed by atoms with E-state index in [1.165, 1.54) is 6.92 Å². The lowest BCUT2D eigenvalue weighted by Crippen LogP contribution is -2.08. The molecule has 1 aromatic carbocycles. The maximum Gasteiger partial charge on any atom is 0.353 e. The minimum atomic E-state index is -1.13. The molecule has 0 spiro atoms. The number of halogens is 2. The summed E-state index contributed by atoms with van der Waals surface area (Å²) in [4.78, 5) is 15.3. The number of aliphatic carboxylic acids is 1. The molecule has 6 heteroatoms. The smallest absolute Gasteiger partial charge is 0.353 e. The zero-order valence-corrected chi connectivity index (χ0v) is 9.92. The van der Waals surface area contributed by atoms with E-state index in [2.05, 4.69) is 5.16 Å².